The molecule has 11 heterocycles. The van der Waals surface area contributed by atoms with Crippen molar-refractivity contribution in [3.05, 3.63) is 432 Å². The lowest BCUT2D eigenvalue weighted by Crippen LogP contribution is -2.00. The first kappa shape index (κ1) is 74.4. The van der Waals surface area contributed by atoms with Crippen LogP contribution in [0.5, 0.6) is 0 Å². The Morgan fingerprint density at radius 3 is 0.573 bits per heavy atom. The molecule has 26 rings (SSSR count). The maximum absolute atomic E-state index is 5.07. The van der Waals surface area contributed by atoms with Gasteiger partial charge in [-0.05, 0) is 275 Å². The normalized spacial score (nSPS) is 11.8. The molecule has 0 amide bonds. The van der Waals surface area contributed by atoms with Crippen LogP contribution in [0.25, 0.3) is 250 Å². The second kappa shape index (κ2) is 30.4. The minimum atomic E-state index is 0.562. The highest BCUT2D eigenvalue weighted by Gasteiger charge is 2.25. The van der Waals surface area contributed by atoms with E-state index in [1.165, 1.54) is 37.8 Å². The Bertz CT molecular complexity index is 8930. The average molecular weight is 1670 g/mol. The van der Waals surface area contributed by atoms with Crippen molar-refractivity contribution in [1.29, 1.82) is 0 Å². The van der Waals surface area contributed by atoms with E-state index in [-0.39, 0.29) is 0 Å². The van der Waals surface area contributed by atoms with E-state index >= 15 is 0 Å². The van der Waals surface area contributed by atoms with Gasteiger partial charge in [-0.3, -0.25) is 19.9 Å². The van der Waals surface area contributed by atoms with Crippen molar-refractivity contribution in [1.82, 2.24) is 72.7 Å². The molecular formula is C116H71N15. The maximum atomic E-state index is 5.07. The van der Waals surface area contributed by atoms with Crippen LogP contribution < -0.4 is 0 Å². The summed E-state index contributed by atoms with van der Waals surface area (Å²) in [5.74, 6) is 3.41. The summed E-state index contributed by atoms with van der Waals surface area (Å²) in [5.41, 5.74) is 30.7. The third-order valence-electron chi connectivity index (χ3n) is 25.8. The van der Waals surface area contributed by atoms with Crippen LogP contribution in [0.3, 0.4) is 0 Å². The molecule has 0 atom stereocenters. The molecule has 0 fully saturated rings. The highest BCUT2D eigenvalue weighted by atomic mass is 15.1. The number of fused-ring (bicyclic) bond motifs is 15. The smallest absolute Gasteiger partial charge is 0.164 e. The Kier molecular flexibility index (Phi) is 17.2. The molecule has 0 spiro atoms. The number of pyridine rings is 4. The SMILES string of the molecule is c1ccc(-n2c3ccccc3c3cc(-c4ccc5c(c4)c4cc(-c6ccc7c(c6)c6ccc(-c8ccc9c%10cc(-c%11ccc%12c(c%11)c%11ccccc%11n%12-c%11ccc(-c%12nc(-c%13ccncc%13)nc(-c%13ccncc%13)n%12)cc%11)ccc%10n(-c%10ccccc%10)c9c8)cc6n7-c6ccccc6)ccc4n5-c4ccc(-c5nc(-c6ccncc6)nc(-c6ccncc6)n5)cc4)ccc32)cc1. The number of aromatic nitrogens is 15. The van der Waals surface area contributed by atoms with Crippen molar-refractivity contribution in [3.63, 3.8) is 0 Å². The van der Waals surface area contributed by atoms with Gasteiger partial charge in [0.2, 0.25) is 0 Å². The fourth-order valence-electron chi connectivity index (χ4n) is 19.6. The summed E-state index contributed by atoms with van der Waals surface area (Å²) in [7, 11) is 0. The molecule has 15 aromatic carbocycles. The molecule has 0 aliphatic carbocycles. The lowest BCUT2D eigenvalue weighted by Gasteiger charge is -2.11. The molecule has 0 radical (unpaired) electrons. The summed E-state index contributed by atoms with van der Waals surface area (Å²) >= 11 is 0. The van der Waals surface area contributed by atoms with Crippen LogP contribution in [0, 0.1) is 0 Å². The molecule has 0 aliphatic heterocycles. The highest BCUT2D eigenvalue weighted by molar-refractivity contribution is 6.17. The molecule has 11 aromatic heterocycles. The number of nitrogens with zero attached hydrogens (tertiary/aromatic N) is 15. The van der Waals surface area contributed by atoms with Crippen LogP contribution in [0.4, 0.5) is 0 Å². The van der Waals surface area contributed by atoms with E-state index in [0.717, 1.165) is 178 Å². The van der Waals surface area contributed by atoms with Gasteiger partial charge >= 0.3 is 0 Å². The molecule has 15 nitrogen and oxygen atoms in total. The van der Waals surface area contributed by atoms with Crippen LogP contribution in [-0.4, -0.2) is 72.7 Å². The summed E-state index contributed by atoms with van der Waals surface area (Å²) in [6.07, 6.45) is 14.1. The first-order valence-electron chi connectivity index (χ1n) is 43.8. The Morgan fingerprint density at radius 2 is 0.305 bits per heavy atom. The van der Waals surface area contributed by atoms with Crippen molar-refractivity contribution in [2.45, 2.75) is 0 Å². The van der Waals surface area contributed by atoms with Crippen LogP contribution >= 0.6 is 0 Å². The quantitative estimate of drug-likeness (QED) is 0.0969. The van der Waals surface area contributed by atoms with Crippen molar-refractivity contribution >= 4 is 109 Å². The predicted octanol–water partition coefficient (Wildman–Crippen LogP) is 27.8. The molecule has 0 saturated carbocycles. The Balaban J connectivity index is 0.569. The average Bonchev–Trinajstić information content (AvgIpc) is 1.58. The molecule has 0 unspecified atom stereocenters. The van der Waals surface area contributed by atoms with E-state index in [4.69, 9.17) is 29.9 Å². The molecular weight excluding hydrogens is 1600 g/mol. The van der Waals surface area contributed by atoms with Gasteiger partial charge in [-0.1, -0.05) is 152 Å². The van der Waals surface area contributed by atoms with E-state index in [1.807, 2.05) is 48.5 Å². The summed E-state index contributed by atoms with van der Waals surface area (Å²) < 4.78 is 12.0. The Morgan fingerprint density at radius 1 is 0.122 bits per heavy atom. The van der Waals surface area contributed by atoms with E-state index in [1.54, 1.807) is 49.6 Å². The number of hydrogen-bond donors (Lipinski definition) is 0. The molecule has 610 valence electrons. The van der Waals surface area contributed by atoms with Gasteiger partial charge in [-0.2, -0.15) is 0 Å². The third-order valence-corrected chi connectivity index (χ3v) is 25.8. The summed E-state index contributed by atoms with van der Waals surface area (Å²) in [6, 6.07) is 138. The fourth-order valence-corrected chi connectivity index (χ4v) is 19.6. The Hall–Kier alpha value is -18.1. The van der Waals surface area contributed by atoms with Gasteiger partial charge in [0.1, 0.15) is 0 Å². The molecule has 26 aromatic rings. The molecule has 0 N–H and O–H groups in total. The van der Waals surface area contributed by atoms with Gasteiger partial charge in [0.15, 0.2) is 34.9 Å². The minimum absolute atomic E-state index is 0.562. The van der Waals surface area contributed by atoms with Gasteiger partial charge in [-0.15, -0.1) is 0 Å². The van der Waals surface area contributed by atoms with Crippen molar-refractivity contribution in [3.8, 4) is 141 Å². The van der Waals surface area contributed by atoms with E-state index < -0.39 is 0 Å². The second-order valence-electron chi connectivity index (χ2n) is 33.2. The van der Waals surface area contributed by atoms with Gasteiger partial charge < -0.3 is 22.8 Å². The van der Waals surface area contributed by atoms with Crippen LogP contribution in [-0.2, 0) is 0 Å². The zero-order valence-electron chi connectivity index (χ0n) is 70.2. The van der Waals surface area contributed by atoms with Crippen molar-refractivity contribution < 1.29 is 0 Å². The zero-order valence-corrected chi connectivity index (χ0v) is 70.2. The standard InChI is InChI=1S/C116H71N15/c1-4-14-86(15-5-1)127-101-22-12-10-20-91(101)95-65-79(30-42-103(95)127)82-34-46-107-99(68-82)100-69-83(35-47-108(100)129(107)90-38-26-73(27-39-90)112-123-115(76-52-60-119-61-53-76)126-116(124-112)77-54-62-120-63-55-77)81-33-45-106-98(67-81)94-41-29-85(71-110(94)131(106)88-18-8-3-9-19-88)84-28-40-93-97-66-80(32-44-105(97)130(109(93)70-84)87-16-6-2-7-17-87)78-31-43-104-96(64-78)92-21-11-13-23-102(92)128(104)89-36-24-72(25-37-89)111-121-113(74-48-56-117-57-49-74)125-114(122-111)75-50-58-118-59-51-75/h1-71H. The van der Waals surface area contributed by atoms with E-state index in [9.17, 15) is 0 Å². The first-order valence-corrected chi connectivity index (χ1v) is 43.8. The first-order chi connectivity index (χ1) is 64.9. The fraction of sp³-hybridized carbons (Fsp3) is 0. The van der Waals surface area contributed by atoms with E-state index in [0.29, 0.717) is 34.9 Å². The van der Waals surface area contributed by atoms with Crippen LogP contribution in [0.1, 0.15) is 0 Å². The van der Waals surface area contributed by atoms with Gasteiger partial charge in [-0.25, -0.2) is 29.9 Å². The number of rotatable bonds is 15. The van der Waals surface area contributed by atoms with Crippen LogP contribution in [0.15, 0.2) is 432 Å². The summed E-state index contributed by atoms with van der Waals surface area (Å²) in [4.78, 5) is 47.1. The minimum Gasteiger partial charge on any atom is -0.309 e. The monoisotopic (exact) mass is 1670 g/mol. The lowest BCUT2D eigenvalue weighted by molar-refractivity contribution is 1.07. The molecule has 0 aliphatic rings. The second-order valence-corrected chi connectivity index (χ2v) is 33.2. The highest BCUT2D eigenvalue weighted by Crippen LogP contribution is 2.46. The van der Waals surface area contributed by atoms with Gasteiger partial charge in [0.25, 0.3) is 0 Å². The lowest BCUT2D eigenvalue weighted by atomic mass is 9.98. The third kappa shape index (κ3) is 12.6. The number of para-hydroxylation sites is 5. The van der Waals surface area contributed by atoms with Gasteiger partial charge in [0, 0.05) is 165 Å². The summed E-state index contributed by atoms with van der Waals surface area (Å²) in [5, 5.41) is 11.7. The Labute approximate surface area is 749 Å². The molecule has 15 heteroatoms. The van der Waals surface area contributed by atoms with Crippen LogP contribution in [0.2, 0.25) is 0 Å². The maximum Gasteiger partial charge on any atom is 0.164 e. The zero-order chi connectivity index (χ0) is 86.1. The van der Waals surface area contributed by atoms with E-state index in [2.05, 4.69) is 376 Å². The topological polar surface area (TPSA) is 154 Å². The van der Waals surface area contributed by atoms with Crippen molar-refractivity contribution in [2.24, 2.45) is 0 Å². The molecule has 0 saturated heterocycles. The molecule has 0 bridgehead atoms. The van der Waals surface area contributed by atoms with Gasteiger partial charge in [0.05, 0.1) is 55.2 Å². The number of hydrogen-bond acceptors (Lipinski definition) is 10. The summed E-state index contributed by atoms with van der Waals surface area (Å²) in [6.45, 7) is 0. The molecule has 131 heavy (non-hydrogen) atoms. The largest absolute Gasteiger partial charge is 0.309 e. The predicted molar refractivity (Wildman–Crippen MR) is 530 cm³/mol. The van der Waals surface area contributed by atoms with Crippen molar-refractivity contribution in [2.75, 3.05) is 0 Å². The number of benzene rings is 15.